The Hall–Kier alpha value is -3.24. The van der Waals surface area contributed by atoms with Gasteiger partial charge in [0.25, 0.3) is 0 Å². The maximum atomic E-state index is 14.7. The molecular weight excluding hydrogens is 347 g/mol. The molecule has 0 aliphatic rings. The highest BCUT2D eigenvalue weighted by Crippen LogP contribution is 2.23. The van der Waals surface area contributed by atoms with Crippen molar-refractivity contribution in [3.8, 4) is 17.9 Å². The zero-order valence-corrected chi connectivity index (χ0v) is 14.7. The van der Waals surface area contributed by atoms with Crippen molar-refractivity contribution in [2.24, 2.45) is 0 Å². The van der Waals surface area contributed by atoms with Crippen molar-refractivity contribution in [3.05, 3.63) is 82.2 Å². The van der Waals surface area contributed by atoms with Gasteiger partial charge >= 0.3 is 0 Å². The number of hydrogen-bond donors (Lipinski definition) is 0. The fourth-order valence-corrected chi connectivity index (χ4v) is 2.87. The van der Waals surface area contributed by atoms with E-state index < -0.39 is 23.0 Å². The van der Waals surface area contributed by atoms with Gasteiger partial charge in [-0.1, -0.05) is 49.5 Å². The number of unbranched alkanes of at least 4 members (excludes halogenated alkanes) is 1. The van der Waals surface area contributed by atoms with Gasteiger partial charge in [-0.15, -0.1) is 0 Å². The topological polar surface area (TPSA) is 23.8 Å². The standard InChI is InChI=1S/C23H16F3N/c1-2-3-4-15-6-10-19-18(11-15)9-8-17(23(19)26)7-5-16-12-21(24)20(14-27)22(25)13-16/h6,8-13H,2-4H2,1H3. The lowest BCUT2D eigenvalue weighted by Crippen LogP contribution is -1.92. The summed E-state index contributed by atoms with van der Waals surface area (Å²) in [5, 5.41) is 9.94. The van der Waals surface area contributed by atoms with Crippen molar-refractivity contribution in [1.82, 2.24) is 0 Å². The van der Waals surface area contributed by atoms with E-state index in [2.05, 4.69) is 18.8 Å². The molecule has 3 aromatic carbocycles. The number of halogens is 3. The van der Waals surface area contributed by atoms with Crippen molar-refractivity contribution in [2.45, 2.75) is 26.2 Å². The van der Waals surface area contributed by atoms with E-state index >= 15 is 0 Å². The smallest absolute Gasteiger partial charge is 0.146 e. The Morgan fingerprint density at radius 2 is 1.67 bits per heavy atom. The summed E-state index contributed by atoms with van der Waals surface area (Å²) in [6.45, 7) is 2.12. The van der Waals surface area contributed by atoms with Crippen LogP contribution in [0.2, 0.25) is 0 Å². The number of benzene rings is 3. The summed E-state index contributed by atoms with van der Waals surface area (Å²) >= 11 is 0. The molecule has 1 nitrogen and oxygen atoms in total. The quantitative estimate of drug-likeness (QED) is 0.534. The Morgan fingerprint density at radius 1 is 0.926 bits per heavy atom. The van der Waals surface area contributed by atoms with Crippen LogP contribution in [0.25, 0.3) is 10.8 Å². The molecule has 0 heterocycles. The first-order valence-corrected chi connectivity index (χ1v) is 8.65. The third kappa shape index (κ3) is 3.96. The van der Waals surface area contributed by atoms with E-state index in [4.69, 9.17) is 5.26 Å². The summed E-state index contributed by atoms with van der Waals surface area (Å²) in [6.07, 6.45) is 3.12. The van der Waals surface area contributed by atoms with E-state index in [1.54, 1.807) is 18.2 Å². The van der Waals surface area contributed by atoms with Gasteiger partial charge in [-0.05, 0) is 42.0 Å². The van der Waals surface area contributed by atoms with Crippen LogP contribution >= 0.6 is 0 Å². The molecule has 0 aliphatic heterocycles. The molecule has 0 saturated carbocycles. The van der Waals surface area contributed by atoms with Gasteiger partial charge in [0.15, 0.2) is 0 Å². The lowest BCUT2D eigenvalue weighted by Gasteiger charge is -2.05. The lowest BCUT2D eigenvalue weighted by molar-refractivity contribution is 0.576. The van der Waals surface area contributed by atoms with Gasteiger partial charge in [0.2, 0.25) is 0 Å². The molecule has 4 heteroatoms. The van der Waals surface area contributed by atoms with Crippen LogP contribution in [0.3, 0.4) is 0 Å². The number of rotatable bonds is 3. The highest BCUT2D eigenvalue weighted by atomic mass is 19.1. The Bertz CT molecular complexity index is 1090. The zero-order chi connectivity index (χ0) is 19.4. The van der Waals surface area contributed by atoms with Gasteiger partial charge in [-0.25, -0.2) is 13.2 Å². The molecule has 0 atom stereocenters. The van der Waals surface area contributed by atoms with E-state index in [0.717, 1.165) is 42.3 Å². The van der Waals surface area contributed by atoms with E-state index in [9.17, 15) is 13.2 Å². The van der Waals surface area contributed by atoms with E-state index in [1.807, 2.05) is 12.1 Å². The molecule has 3 aromatic rings. The highest BCUT2D eigenvalue weighted by molar-refractivity contribution is 5.85. The van der Waals surface area contributed by atoms with Gasteiger partial charge in [-0.3, -0.25) is 0 Å². The maximum Gasteiger partial charge on any atom is 0.146 e. The summed E-state index contributed by atoms with van der Waals surface area (Å²) in [5.41, 5.74) is 0.690. The average molecular weight is 363 g/mol. The van der Waals surface area contributed by atoms with Crippen LogP contribution in [-0.2, 0) is 6.42 Å². The number of fused-ring (bicyclic) bond motifs is 1. The molecule has 27 heavy (non-hydrogen) atoms. The molecule has 0 aromatic heterocycles. The number of nitriles is 1. The summed E-state index contributed by atoms with van der Waals surface area (Å²) in [7, 11) is 0. The van der Waals surface area contributed by atoms with Crippen LogP contribution in [0.1, 0.15) is 42.0 Å². The first kappa shape index (κ1) is 18.5. The number of nitrogens with zero attached hydrogens (tertiary/aromatic N) is 1. The molecule has 0 unspecified atom stereocenters. The fraction of sp³-hybridized carbons (Fsp3) is 0.174. The van der Waals surface area contributed by atoms with Crippen LogP contribution in [0, 0.1) is 40.6 Å². The second-order valence-electron chi connectivity index (χ2n) is 6.26. The van der Waals surface area contributed by atoms with Crippen molar-refractivity contribution in [3.63, 3.8) is 0 Å². The van der Waals surface area contributed by atoms with Crippen molar-refractivity contribution in [2.75, 3.05) is 0 Å². The second kappa shape index (κ2) is 7.98. The molecule has 0 aliphatic carbocycles. The maximum absolute atomic E-state index is 14.7. The number of aryl methyl sites for hydroxylation is 1. The third-order valence-electron chi connectivity index (χ3n) is 4.33. The monoisotopic (exact) mass is 363 g/mol. The Labute approximate surface area is 156 Å². The summed E-state index contributed by atoms with van der Waals surface area (Å²) < 4.78 is 42.0. The average Bonchev–Trinajstić information content (AvgIpc) is 2.65. The Balaban J connectivity index is 1.96. The highest BCUT2D eigenvalue weighted by Gasteiger charge is 2.10. The normalized spacial score (nSPS) is 10.3. The summed E-state index contributed by atoms with van der Waals surface area (Å²) in [6, 6.07) is 12.3. The van der Waals surface area contributed by atoms with Gasteiger partial charge < -0.3 is 0 Å². The molecule has 0 fully saturated rings. The van der Waals surface area contributed by atoms with Gasteiger partial charge in [-0.2, -0.15) is 5.26 Å². The molecule has 3 rings (SSSR count). The van der Waals surface area contributed by atoms with Crippen LogP contribution in [0.15, 0.2) is 42.5 Å². The van der Waals surface area contributed by atoms with Crippen molar-refractivity contribution < 1.29 is 13.2 Å². The molecule has 0 bridgehead atoms. The van der Waals surface area contributed by atoms with Gasteiger partial charge in [0.1, 0.15) is 29.1 Å². The van der Waals surface area contributed by atoms with E-state index in [1.165, 1.54) is 6.07 Å². The van der Waals surface area contributed by atoms with E-state index in [0.29, 0.717) is 5.39 Å². The molecule has 134 valence electrons. The second-order valence-corrected chi connectivity index (χ2v) is 6.26. The molecule has 0 spiro atoms. The summed E-state index contributed by atoms with van der Waals surface area (Å²) in [5.74, 6) is 2.75. The summed E-state index contributed by atoms with van der Waals surface area (Å²) in [4.78, 5) is 0. The predicted octanol–water partition coefficient (Wildman–Crippen LogP) is 5.87. The molecule has 0 radical (unpaired) electrons. The van der Waals surface area contributed by atoms with Crippen molar-refractivity contribution in [1.29, 1.82) is 5.26 Å². The fourth-order valence-electron chi connectivity index (χ4n) is 2.87. The third-order valence-corrected chi connectivity index (χ3v) is 4.33. The zero-order valence-electron chi connectivity index (χ0n) is 14.7. The SMILES string of the molecule is CCCCc1ccc2c(F)c(C#Cc3cc(F)c(C#N)c(F)c3)ccc2c1. The Kier molecular flexibility index (Phi) is 5.48. The largest absolute Gasteiger partial charge is 0.205 e. The number of hydrogen-bond acceptors (Lipinski definition) is 1. The first-order valence-electron chi connectivity index (χ1n) is 8.65. The van der Waals surface area contributed by atoms with Gasteiger partial charge in [0.05, 0.1) is 5.56 Å². The predicted molar refractivity (Wildman–Crippen MR) is 99.6 cm³/mol. The molecule has 0 N–H and O–H groups in total. The Morgan fingerprint density at radius 3 is 2.33 bits per heavy atom. The van der Waals surface area contributed by atoms with Crippen LogP contribution in [-0.4, -0.2) is 0 Å². The molecule has 0 saturated heterocycles. The van der Waals surface area contributed by atoms with Crippen LogP contribution in [0.4, 0.5) is 13.2 Å². The minimum absolute atomic E-state index is 0.0402. The molecule has 0 amide bonds. The first-order chi connectivity index (χ1) is 13.0. The molecular formula is C23H16F3N. The minimum Gasteiger partial charge on any atom is -0.205 e. The van der Waals surface area contributed by atoms with E-state index in [-0.39, 0.29) is 11.1 Å². The van der Waals surface area contributed by atoms with Crippen LogP contribution in [0.5, 0.6) is 0 Å². The van der Waals surface area contributed by atoms with Gasteiger partial charge in [0, 0.05) is 10.9 Å². The van der Waals surface area contributed by atoms with Crippen LogP contribution < -0.4 is 0 Å². The van der Waals surface area contributed by atoms with Crippen molar-refractivity contribution >= 4 is 10.8 Å². The lowest BCUT2D eigenvalue weighted by atomic mass is 10.0. The minimum atomic E-state index is -0.986.